The molecular formula is C21H28GeN2Se. The summed E-state index contributed by atoms with van der Waals surface area (Å²) in [6, 6.07) is 21.5. The van der Waals surface area contributed by atoms with Gasteiger partial charge in [0.1, 0.15) is 0 Å². The van der Waals surface area contributed by atoms with Gasteiger partial charge in [-0.3, -0.25) is 0 Å². The van der Waals surface area contributed by atoms with E-state index in [2.05, 4.69) is 120 Å². The van der Waals surface area contributed by atoms with Crippen LogP contribution in [0.5, 0.6) is 0 Å². The number of benzene rings is 1. The van der Waals surface area contributed by atoms with Gasteiger partial charge in [-0.15, -0.1) is 0 Å². The second-order valence-electron chi connectivity index (χ2n) is 8.14. The van der Waals surface area contributed by atoms with Crippen LogP contribution < -0.4 is 13.6 Å². The van der Waals surface area contributed by atoms with E-state index in [4.69, 9.17) is 4.99 Å². The number of hydrogen-bond donors (Lipinski definition) is 0. The molecule has 0 atom stereocenters. The minimum atomic E-state index is -1.83. The summed E-state index contributed by atoms with van der Waals surface area (Å²) < 4.78 is 4.01. The van der Waals surface area contributed by atoms with Crippen molar-refractivity contribution in [3.05, 3.63) is 66.0 Å². The fourth-order valence-electron chi connectivity index (χ4n) is 2.66. The molecule has 0 aliphatic carbocycles. The van der Waals surface area contributed by atoms with E-state index in [9.17, 15) is 0 Å². The summed E-state index contributed by atoms with van der Waals surface area (Å²) in [6.07, 6.45) is 0. The Balaban J connectivity index is 2.72. The van der Waals surface area contributed by atoms with Crippen LogP contribution in [-0.2, 0) is 0 Å². The quantitative estimate of drug-likeness (QED) is 0.641. The summed E-state index contributed by atoms with van der Waals surface area (Å²) >= 11 is 1.71. The van der Waals surface area contributed by atoms with E-state index < -0.39 is 12.2 Å². The molecule has 0 saturated carbocycles. The zero-order valence-electron chi connectivity index (χ0n) is 16.1. The zero-order chi connectivity index (χ0) is 18.7. The van der Waals surface area contributed by atoms with Gasteiger partial charge in [0.25, 0.3) is 0 Å². The van der Waals surface area contributed by atoms with E-state index in [1.807, 2.05) is 0 Å². The van der Waals surface area contributed by atoms with Crippen LogP contribution in [0.1, 0.15) is 41.5 Å². The third-order valence-electron chi connectivity index (χ3n) is 3.58. The number of nitrogens with zero attached hydrogens (tertiary/aromatic N) is 2. The van der Waals surface area contributed by atoms with E-state index >= 15 is 0 Å². The van der Waals surface area contributed by atoms with Crippen LogP contribution >= 0.6 is 0 Å². The Morgan fingerprint density at radius 2 is 1.32 bits per heavy atom. The van der Waals surface area contributed by atoms with E-state index in [1.165, 1.54) is 10.1 Å². The minimum absolute atomic E-state index is 0.00688. The van der Waals surface area contributed by atoms with Crippen molar-refractivity contribution in [1.82, 2.24) is 0 Å². The van der Waals surface area contributed by atoms with Crippen LogP contribution in [0.15, 0.2) is 65.7 Å². The van der Waals surface area contributed by atoms with Gasteiger partial charge >= 0.3 is 163 Å². The second kappa shape index (κ2) is 8.11. The van der Waals surface area contributed by atoms with Crippen LogP contribution in [0.4, 0.5) is 5.69 Å². The molecule has 0 spiro atoms. The molecule has 2 rings (SSSR count). The van der Waals surface area contributed by atoms with Crippen LogP contribution in [0.3, 0.4) is 0 Å². The maximum absolute atomic E-state index is 5.01. The van der Waals surface area contributed by atoms with E-state index in [-0.39, 0.29) is 11.1 Å². The summed E-state index contributed by atoms with van der Waals surface area (Å²) in [5, 5.41) is 1.06. The monoisotopic (exact) mass is 462 g/mol. The number of anilines is 1. The van der Waals surface area contributed by atoms with Gasteiger partial charge in [0.2, 0.25) is 0 Å². The fraction of sp³-hybridized carbons (Fsp3) is 0.381. The molecular weight excluding hydrogens is 432 g/mol. The summed E-state index contributed by atoms with van der Waals surface area (Å²) in [5.41, 5.74) is 1.11. The average Bonchev–Trinajstić information content (AvgIpc) is 2.71. The van der Waals surface area contributed by atoms with E-state index in [1.54, 1.807) is 0 Å². The van der Waals surface area contributed by atoms with E-state index in [0.717, 1.165) is 5.36 Å². The molecule has 0 bridgehead atoms. The average molecular weight is 460 g/mol. The summed E-state index contributed by atoms with van der Waals surface area (Å²) in [7, 11) is 0. The SMILES string of the molecule is CC(C)(C)N=c1cccccc1[N]([Ge](=[Se])[c]1ccccc1)C(C)(C)C. The molecule has 0 heterocycles. The van der Waals surface area contributed by atoms with Gasteiger partial charge in [-0.1, -0.05) is 0 Å². The predicted molar refractivity (Wildman–Crippen MR) is 112 cm³/mol. The third kappa shape index (κ3) is 5.74. The molecule has 2 aromatic carbocycles. The molecule has 0 unspecified atom stereocenters. The van der Waals surface area contributed by atoms with Crippen molar-refractivity contribution < 1.29 is 0 Å². The topological polar surface area (TPSA) is 15.6 Å². The van der Waals surface area contributed by atoms with Crippen molar-refractivity contribution in [3.8, 4) is 0 Å². The van der Waals surface area contributed by atoms with Crippen LogP contribution in [0.2, 0.25) is 0 Å². The fourth-order valence-corrected chi connectivity index (χ4v) is 11.9. The molecule has 2 aromatic rings. The van der Waals surface area contributed by atoms with Gasteiger partial charge in [0, 0.05) is 0 Å². The normalized spacial score (nSPS) is 12.8. The van der Waals surface area contributed by atoms with Crippen LogP contribution in [0, 0.1) is 0 Å². The van der Waals surface area contributed by atoms with Gasteiger partial charge in [0.05, 0.1) is 0 Å². The molecule has 0 amide bonds. The molecule has 0 radical (unpaired) electrons. The standard InChI is InChI=1S/C21H28GeN2Se/c1-20(2,3)23-18-15-11-8-12-16-19(18)24(21(4,5)6)22(25)17-13-9-7-10-14-17/h7-16H,1-6H3. The van der Waals surface area contributed by atoms with Crippen molar-refractivity contribution >= 4 is 35.8 Å². The molecule has 0 saturated heterocycles. The van der Waals surface area contributed by atoms with Gasteiger partial charge in [0.15, 0.2) is 0 Å². The summed E-state index contributed by atoms with van der Waals surface area (Å²) in [4.78, 5) is 5.01. The van der Waals surface area contributed by atoms with Crippen molar-refractivity contribution in [2.24, 2.45) is 4.99 Å². The first-order valence-electron chi connectivity index (χ1n) is 8.64. The first-order chi connectivity index (χ1) is 11.6. The van der Waals surface area contributed by atoms with Gasteiger partial charge < -0.3 is 0 Å². The maximum atomic E-state index is 5.01. The van der Waals surface area contributed by atoms with Gasteiger partial charge in [-0.2, -0.15) is 0 Å². The number of hydrogen-bond acceptors (Lipinski definition) is 2. The van der Waals surface area contributed by atoms with Gasteiger partial charge in [-0.05, 0) is 0 Å². The van der Waals surface area contributed by atoms with Crippen molar-refractivity contribution in [1.29, 1.82) is 0 Å². The predicted octanol–water partition coefficient (Wildman–Crippen LogP) is 3.55. The van der Waals surface area contributed by atoms with Crippen molar-refractivity contribution in [2.45, 2.75) is 52.6 Å². The Labute approximate surface area is 162 Å². The number of rotatable bonds is 3. The summed E-state index contributed by atoms with van der Waals surface area (Å²) in [5.74, 6) is 0. The molecule has 4 heteroatoms. The molecule has 0 aliphatic rings. The van der Waals surface area contributed by atoms with Crippen molar-refractivity contribution in [3.63, 3.8) is 0 Å². The van der Waals surface area contributed by atoms with Gasteiger partial charge in [-0.25, -0.2) is 0 Å². The first-order valence-corrected chi connectivity index (χ1v) is 15.9. The van der Waals surface area contributed by atoms with E-state index in [0.29, 0.717) is 0 Å². The van der Waals surface area contributed by atoms with Crippen LogP contribution in [0.25, 0.3) is 0 Å². The van der Waals surface area contributed by atoms with Crippen molar-refractivity contribution in [2.75, 3.05) is 3.86 Å². The third-order valence-corrected chi connectivity index (χ3v) is 12.6. The zero-order valence-corrected chi connectivity index (χ0v) is 19.9. The Morgan fingerprint density at radius 1 is 0.800 bits per heavy atom. The molecule has 132 valence electrons. The molecule has 2 nitrogen and oxygen atoms in total. The molecule has 0 fully saturated rings. The summed E-state index contributed by atoms with van der Waals surface area (Å²) in [6.45, 7) is 13.3. The Morgan fingerprint density at radius 3 is 1.84 bits per heavy atom. The Kier molecular flexibility index (Phi) is 6.58. The molecule has 0 aromatic heterocycles. The Bertz CT molecular complexity index is 802. The van der Waals surface area contributed by atoms with Crippen LogP contribution in [-0.4, -0.2) is 36.8 Å². The molecule has 25 heavy (non-hydrogen) atoms. The molecule has 0 N–H and O–H groups in total. The first kappa shape index (κ1) is 20.3. The molecule has 0 aliphatic heterocycles. The second-order valence-corrected chi connectivity index (χ2v) is 15.8. The Hall–Kier alpha value is -1.03.